The molecule has 0 aliphatic carbocycles. The van der Waals surface area contributed by atoms with Gasteiger partial charge in [-0.1, -0.05) is 48.5 Å². The predicted molar refractivity (Wildman–Crippen MR) is 122 cm³/mol. The van der Waals surface area contributed by atoms with Gasteiger partial charge in [0.1, 0.15) is 0 Å². The summed E-state index contributed by atoms with van der Waals surface area (Å²) in [6.45, 7) is 4.75. The van der Waals surface area contributed by atoms with Gasteiger partial charge in [0, 0.05) is 38.3 Å². The van der Waals surface area contributed by atoms with E-state index in [1.165, 1.54) is 5.56 Å². The summed E-state index contributed by atoms with van der Waals surface area (Å²) in [5, 5.41) is 16.7. The zero-order valence-corrected chi connectivity index (χ0v) is 17.7. The highest BCUT2D eigenvalue weighted by Gasteiger charge is 2.23. The molecular formula is C24H32N4O2. The standard InChI is InChI=1S/C24H32N4O2/c1-2-25-24(27-17-14-22(29)20-10-4-3-5-11-20)26-16-8-13-23(30)28-18-15-19-9-6-7-12-21(19)28/h3-7,9-12,22,29H,2,8,13-18H2,1H3,(H2,25,26,27). The number of guanidine groups is 1. The van der Waals surface area contributed by atoms with E-state index in [0.29, 0.717) is 32.4 Å². The lowest BCUT2D eigenvalue weighted by Gasteiger charge is -2.17. The van der Waals surface area contributed by atoms with Crippen LogP contribution in [0.3, 0.4) is 0 Å². The molecule has 1 aliphatic heterocycles. The van der Waals surface area contributed by atoms with Gasteiger partial charge >= 0.3 is 0 Å². The second-order valence-electron chi connectivity index (χ2n) is 7.43. The van der Waals surface area contributed by atoms with Gasteiger partial charge in [0.25, 0.3) is 0 Å². The average Bonchev–Trinajstić information content (AvgIpc) is 3.21. The SMILES string of the molecule is CCNC(=NCCCC(=O)N1CCc2ccccc21)NCCC(O)c1ccccc1. The maximum Gasteiger partial charge on any atom is 0.227 e. The largest absolute Gasteiger partial charge is 0.388 e. The first kappa shape index (κ1) is 21.8. The number of benzene rings is 2. The van der Waals surface area contributed by atoms with Gasteiger partial charge < -0.3 is 20.6 Å². The highest BCUT2D eigenvalue weighted by molar-refractivity contribution is 5.95. The Bertz CT molecular complexity index is 838. The second kappa shape index (κ2) is 11.4. The van der Waals surface area contributed by atoms with Crippen LogP contribution >= 0.6 is 0 Å². The molecule has 1 amide bonds. The number of carbonyl (C=O) groups is 1. The summed E-state index contributed by atoms with van der Waals surface area (Å²) in [7, 11) is 0. The van der Waals surface area contributed by atoms with Crippen molar-refractivity contribution in [2.24, 2.45) is 4.99 Å². The fourth-order valence-corrected chi connectivity index (χ4v) is 3.66. The number of fused-ring (bicyclic) bond motifs is 1. The van der Waals surface area contributed by atoms with E-state index >= 15 is 0 Å². The van der Waals surface area contributed by atoms with Gasteiger partial charge in [0.2, 0.25) is 5.91 Å². The maximum atomic E-state index is 12.6. The van der Waals surface area contributed by atoms with Crippen molar-refractivity contribution in [3.05, 3.63) is 65.7 Å². The number of nitrogens with one attached hydrogen (secondary N) is 2. The van der Waals surface area contributed by atoms with Gasteiger partial charge in [-0.25, -0.2) is 0 Å². The molecule has 0 fully saturated rings. The predicted octanol–water partition coefficient (Wildman–Crippen LogP) is 3.03. The van der Waals surface area contributed by atoms with Gasteiger partial charge in [-0.3, -0.25) is 9.79 Å². The smallest absolute Gasteiger partial charge is 0.227 e. The molecule has 0 saturated carbocycles. The van der Waals surface area contributed by atoms with Crippen molar-refractivity contribution >= 4 is 17.6 Å². The number of aliphatic imine (C=N–C) groups is 1. The molecule has 1 atom stereocenters. The van der Waals surface area contributed by atoms with E-state index in [9.17, 15) is 9.90 Å². The van der Waals surface area contributed by atoms with Crippen LogP contribution in [0.5, 0.6) is 0 Å². The average molecular weight is 409 g/mol. The molecule has 1 heterocycles. The molecule has 30 heavy (non-hydrogen) atoms. The summed E-state index contributed by atoms with van der Waals surface area (Å²) in [6, 6.07) is 17.8. The van der Waals surface area contributed by atoms with Gasteiger partial charge in [0.15, 0.2) is 5.96 Å². The summed E-state index contributed by atoms with van der Waals surface area (Å²) in [4.78, 5) is 19.0. The Morgan fingerprint density at radius 2 is 1.90 bits per heavy atom. The Balaban J connectivity index is 1.41. The van der Waals surface area contributed by atoms with Crippen LogP contribution in [0.2, 0.25) is 0 Å². The number of rotatable bonds is 9. The lowest BCUT2D eigenvalue weighted by atomic mass is 10.1. The van der Waals surface area contributed by atoms with Crippen LogP contribution in [0.15, 0.2) is 59.6 Å². The van der Waals surface area contributed by atoms with Gasteiger partial charge in [-0.2, -0.15) is 0 Å². The number of aliphatic hydroxyl groups excluding tert-OH is 1. The Labute approximate surface area is 179 Å². The fraction of sp³-hybridized carbons (Fsp3) is 0.417. The molecule has 6 nitrogen and oxygen atoms in total. The first-order valence-electron chi connectivity index (χ1n) is 10.8. The third kappa shape index (κ3) is 6.07. The molecule has 1 aliphatic rings. The highest BCUT2D eigenvalue weighted by atomic mass is 16.3. The number of hydrogen-bond donors (Lipinski definition) is 3. The zero-order valence-electron chi connectivity index (χ0n) is 17.7. The lowest BCUT2D eigenvalue weighted by molar-refractivity contribution is -0.118. The van der Waals surface area contributed by atoms with Crippen molar-refractivity contribution < 1.29 is 9.90 Å². The number of carbonyl (C=O) groups excluding carboxylic acids is 1. The minimum Gasteiger partial charge on any atom is -0.388 e. The van der Waals surface area contributed by atoms with Crippen LogP contribution in [-0.4, -0.2) is 43.2 Å². The highest BCUT2D eigenvalue weighted by Crippen LogP contribution is 2.28. The third-order valence-electron chi connectivity index (χ3n) is 5.25. The van der Waals surface area contributed by atoms with Crippen molar-refractivity contribution in [3.8, 4) is 0 Å². The number of anilines is 1. The molecule has 0 spiro atoms. The number of para-hydroxylation sites is 1. The topological polar surface area (TPSA) is 77.0 Å². The molecule has 2 aromatic rings. The maximum absolute atomic E-state index is 12.6. The molecule has 1 unspecified atom stereocenters. The summed E-state index contributed by atoms with van der Waals surface area (Å²) >= 11 is 0. The van der Waals surface area contributed by atoms with E-state index < -0.39 is 6.10 Å². The Morgan fingerprint density at radius 1 is 1.13 bits per heavy atom. The van der Waals surface area contributed by atoms with Gasteiger partial charge in [0.05, 0.1) is 6.10 Å². The summed E-state index contributed by atoms with van der Waals surface area (Å²) in [5.74, 6) is 0.885. The minimum absolute atomic E-state index is 0.166. The third-order valence-corrected chi connectivity index (χ3v) is 5.25. The quantitative estimate of drug-likeness (QED) is 0.339. The number of aliphatic hydroxyl groups is 1. The molecule has 0 saturated heterocycles. The van der Waals surface area contributed by atoms with Crippen LogP contribution in [-0.2, 0) is 11.2 Å². The molecule has 6 heteroatoms. The monoisotopic (exact) mass is 408 g/mol. The molecule has 3 N–H and O–H groups in total. The Hall–Kier alpha value is -2.86. The molecule has 0 bridgehead atoms. The van der Waals surface area contributed by atoms with Crippen molar-refractivity contribution in [1.29, 1.82) is 0 Å². The van der Waals surface area contributed by atoms with E-state index in [0.717, 1.165) is 36.7 Å². The van der Waals surface area contributed by atoms with E-state index in [1.54, 1.807) is 0 Å². The molecule has 0 aromatic heterocycles. The van der Waals surface area contributed by atoms with Crippen LogP contribution in [0.1, 0.15) is 43.4 Å². The number of amides is 1. The van der Waals surface area contributed by atoms with Crippen LogP contribution < -0.4 is 15.5 Å². The first-order valence-corrected chi connectivity index (χ1v) is 10.8. The number of nitrogens with zero attached hydrogens (tertiary/aromatic N) is 2. The zero-order chi connectivity index (χ0) is 21.2. The Kier molecular flexibility index (Phi) is 8.27. The summed E-state index contributed by atoms with van der Waals surface area (Å²) < 4.78 is 0. The van der Waals surface area contributed by atoms with Crippen molar-refractivity contribution in [2.75, 3.05) is 31.1 Å². The van der Waals surface area contributed by atoms with Crippen molar-refractivity contribution in [2.45, 2.75) is 38.7 Å². The Morgan fingerprint density at radius 3 is 2.70 bits per heavy atom. The summed E-state index contributed by atoms with van der Waals surface area (Å²) in [5.41, 5.74) is 3.22. The molecule has 160 valence electrons. The van der Waals surface area contributed by atoms with E-state index in [2.05, 4.69) is 21.7 Å². The molecular weight excluding hydrogens is 376 g/mol. The lowest BCUT2D eigenvalue weighted by Crippen LogP contribution is -2.38. The van der Waals surface area contributed by atoms with Crippen molar-refractivity contribution in [1.82, 2.24) is 10.6 Å². The second-order valence-corrected chi connectivity index (χ2v) is 7.43. The molecule has 3 rings (SSSR count). The molecule has 2 aromatic carbocycles. The minimum atomic E-state index is -0.498. The first-order chi connectivity index (χ1) is 14.7. The number of hydrogen-bond acceptors (Lipinski definition) is 3. The van der Waals surface area contributed by atoms with Gasteiger partial charge in [-0.15, -0.1) is 0 Å². The van der Waals surface area contributed by atoms with Crippen molar-refractivity contribution in [3.63, 3.8) is 0 Å². The fourth-order valence-electron chi connectivity index (χ4n) is 3.66. The van der Waals surface area contributed by atoms with E-state index in [4.69, 9.17) is 0 Å². The molecule has 0 radical (unpaired) electrons. The van der Waals surface area contributed by atoms with E-state index in [1.807, 2.05) is 60.4 Å². The van der Waals surface area contributed by atoms with Crippen LogP contribution in [0, 0.1) is 0 Å². The van der Waals surface area contributed by atoms with Crippen LogP contribution in [0.25, 0.3) is 0 Å². The van der Waals surface area contributed by atoms with Crippen LogP contribution in [0.4, 0.5) is 5.69 Å². The normalized spacial score (nSPS) is 14.3. The van der Waals surface area contributed by atoms with E-state index in [-0.39, 0.29) is 5.91 Å². The van der Waals surface area contributed by atoms with Gasteiger partial charge in [-0.05, 0) is 43.4 Å². The summed E-state index contributed by atoms with van der Waals surface area (Å²) in [6.07, 6.45) is 2.23.